The van der Waals surface area contributed by atoms with Gasteiger partial charge in [0.25, 0.3) is 22.7 Å². The summed E-state index contributed by atoms with van der Waals surface area (Å²) in [7, 11) is 0. The number of amides is 2. The number of nitrogens with one attached hydrogen (secondary N) is 3. The standard InChI is InChI=1S/C27H20FN7O6/c28-16-6-3-14(7-17(16)34-22-21(29)23(36)24(22)37)10-32-26(39)19-8-18(33-20-11-30-12-35(19)20)25(38)31-9-13-1-4-15(5-2-13)27(40)41/h1-8,11-12,34H,9-10,29H2,(H,31,38)(H,32,39)(H,40,41). The molecule has 41 heavy (non-hydrogen) atoms. The lowest BCUT2D eigenvalue weighted by molar-refractivity contribution is 0.0696. The van der Waals surface area contributed by atoms with Crippen LogP contribution in [0.25, 0.3) is 5.65 Å². The summed E-state index contributed by atoms with van der Waals surface area (Å²) in [5.74, 6) is -2.92. The van der Waals surface area contributed by atoms with Crippen molar-refractivity contribution in [1.82, 2.24) is 25.0 Å². The van der Waals surface area contributed by atoms with Crippen molar-refractivity contribution in [2.45, 2.75) is 13.1 Å². The monoisotopic (exact) mass is 557 g/mol. The number of carbonyl (C=O) groups is 3. The number of carbonyl (C=O) groups excluding carboxylic acids is 2. The van der Waals surface area contributed by atoms with E-state index in [2.05, 4.69) is 25.9 Å². The maximum absolute atomic E-state index is 14.3. The van der Waals surface area contributed by atoms with E-state index >= 15 is 0 Å². The molecule has 0 saturated carbocycles. The topological polar surface area (TPSA) is 198 Å². The van der Waals surface area contributed by atoms with Gasteiger partial charge in [-0.05, 0) is 41.5 Å². The Morgan fingerprint density at radius 1 is 0.927 bits per heavy atom. The number of carboxylic acid groups (broad SMARTS) is 1. The summed E-state index contributed by atoms with van der Waals surface area (Å²) >= 11 is 0. The van der Waals surface area contributed by atoms with E-state index in [-0.39, 0.29) is 52.8 Å². The van der Waals surface area contributed by atoms with Crippen molar-refractivity contribution in [3.63, 3.8) is 0 Å². The zero-order chi connectivity index (χ0) is 29.3. The molecule has 5 rings (SSSR count). The fraction of sp³-hybridized carbons (Fsp3) is 0.0741. The molecular formula is C27H20FN7O6. The molecule has 0 saturated heterocycles. The largest absolute Gasteiger partial charge is 0.478 e. The molecule has 5 aromatic rings. The van der Waals surface area contributed by atoms with E-state index in [0.717, 1.165) is 6.07 Å². The smallest absolute Gasteiger partial charge is 0.335 e. The Kier molecular flexibility index (Phi) is 6.95. The van der Waals surface area contributed by atoms with Gasteiger partial charge in [0.1, 0.15) is 34.9 Å². The first kappa shape index (κ1) is 26.7. The van der Waals surface area contributed by atoms with Crippen molar-refractivity contribution in [3.05, 3.63) is 115 Å². The molecule has 0 bridgehead atoms. The molecule has 0 fully saturated rings. The third-order valence-corrected chi connectivity index (χ3v) is 6.20. The Morgan fingerprint density at radius 3 is 2.32 bits per heavy atom. The van der Waals surface area contributed by atoms with E-state index in [9.17, 15) is 28.4 Å². The highest BCUT2D eigenvalue weighted by Gasteiger charge is 2.20. The van der Waals surface area contributed by atoms with Crippen molar-refractivity contribution in [2.75, 3.05) is 11.1 Å². The predicted molar refractivity (Wildman–Crippen MR) is 144 cm³/mol. The molecule has 0 unspecified atom stereocenters. The normalized spacial score (nSPS) is 11.0. The highest BCUT2D eigenvalue weighted by atomic mass is 19.1. The van der Waals surface area contributed by atoms with Crippen LogP contribution in [0, 0.1) is 5.82 Å². The number of fused-ring (bicyclic) bond motifs is 1. The van der Waals surface area contributed by atoms with Crippen LogP contribution in [0.1, 0.15) is 42.5 Å². The van der Waals surface area contributed by atoms with Crippen LogP contribution in [0.5, 0.6) is 0 Å². The molecule has 2 aromatic heterocycles. The maximum Gasteiger partial charge on any atom is 0.335 e. The molecule has 14 heteroatoms. The van der Waals surface area contributed by atoms with Gasteiger partial charge in [0.2, 0.25) is 0 Å². The minimum Gasteiger partial charge on any atom is -0.478 e. The van der Waals surface area contributed by atoms with Crippen molar-refractivity contribution in [3.8, 4) is 0 Å². The average molecular weight is 557 g/mol. The number of rotatable bonds is 9. The van der Waals surface area contributed by atoms with Gasteiger partial charge in [-0.1, -0.05) is 18.2 Å². The molecule has 0 spiro atoms. The minimum absolute atomic E-state index is 0.0517. The Balaban J connectivity index is 1.29. The van der Waals surface area contributed by atoms with Crippen LogP contribution < -0.4 is 32.5 Å². The lowest BCUT2D eigenvalue weighted by Crippen LogP contribution is -2.36. The summed E-state index contributed by atoms with van der Waals surface area (Å²) < 4.78 is 15.7. The zero-order valence-corrected chi connectivity index (χ0v) is 21.0. The molecule has 2 amide bonds. The number of benzene rings is 2. The Labute approximate surface area is 229 Å². The average Bonchev–Trinajstić information content (AvgIpc) is 3.46. The third-order valence-electron chi connectivity index (χ3n) is 6.20. The Morgan fingerprint density at radius 2 is 1.61 bits per heavy atom. The number of imidazole rings is 1. The molecule has 0 aliphatic heterocycles. The van der Waals surface area contributed by atoms with Crippen molar-refractivity contribution >= 4 is 40.5 Å². The number of hydrogen-bond donors (Lipinski definition) is 5. The number of nitrogen functional groups attached to an aromatic ring is 1. The van der Waals surface area contributed by atoms with Gasteiger partial charge in [-0.25, -0.2) is 19.2 Å². The second-order valence-corrected chi connectivity index (χ2v) is 8.90. The van der Waals surface area contributed by atoms with Gasteiger partial charge in [-0.2, -0.15) is 0 Å². The van der Waals surface area contributed by atoms with E-state index in [1.165, 1.54) is 47.3 Å². The van der Waals surface area contributed by atoms with E-state index in [0.29, 0.717) is 11.1 Å². The Bertz CT molecular complexity index is 1910. The second-order valence-electron chi connectivity index (χ2n) is 8.90. The number of halogens is 1. The summed E-state index contributed by atoms with van der Waals surface area (Å²) in [5, 5.41) is 16.9. The van der Waals surface area contributed by atoms with Gasteiger partial charge < -0.3 is 26.8 Å². The molecule has 0 radical (unpaired) electrons. The minimum atomic E-state index is -1.06. The lowest BCUT2D eigenvalue weighted by Gasteiger charge is -2.13. The summed E-state index contributed by atoms with van der Waals surface area (Å²) in [6, 6.07) is 11.2. The fourth-order valence-corrected chi connectivity index (χ4v) is 3.96. The molecule has 0 atom stereocenters. The van der Waals surface area contributed by atoms with Crippen LogP contribution in [-0.2, 0) is 13.1 Å². The summed E-state index contributed by atoms with van der Waals surface area (Å²) in [5.41, 5.74) is 4.70. The van der Waals surface area contributed by atoms with Crippen LogP contribution in [0.2, 0.25) is 0 Å². The first-order valence-electron chi connectivity index (χ1n) is 12.0. The number of aromatic nitrogens is 3. The van der Waals surface area contributed by atoms with Gasteiger partial charge in [0.15, 0.2) is 5.65 Å². The number of anilines is 3. The molecule has 13 nitrogen and oxygen atoms in total. The summed E-state index contributed by atoms with van der Waals surface area (Å²) in [6.45, 7) is 0.0389. The number of nitrogens with zero attached hydrogens (tertiary/aromatic N) is 3. The van der Waals surface area contributed by atoms with E-state index < -0.39 is 34.5 Å². The first-order chi connectivity index (χ1) is 19.6. The molecule has 2 heterocycles. The summed E-state index contributed by atoms with van der Waals surface area (Å²) in [4.78, 5) is 68.2. The molecule has 0 aliphatic carbocycles. The lowest BCUT2D eigenvalue weighted by atomic mass is 10.1. The number of hydrogen-bond acceptors (Lipinski definition) is 9. The summed E-state index contributed by atoms with van der Waals surface area (Å²) in [6.07, 6.45) is 2.74. The maximum atomic E-state index is 14.3. The van der Waals surface area contributed by atoms with E-state index in [1.807, 2.05) is 0 Å². The second kappa shape index (κ2) is 10.7. The van der Waals surface area contributed by atoms with Crippen molar-refractivity contribution in [1.29, 1.82) is 0 Å². The quantitative estimate of drug-likeness (QED) is 0.165. The molecule has 6 N–H and O–H groups in total. The Hall–Kier alpha value is -5.92. The molecular weight excluding hydrogens is 537 g/mol. The van der Waals surface area contributed by atoms with E-state index in [1.54, 1.807) is 12.1 Å². The first-order valence-corrected chi connectivity index (χ1v) is 12.0. The van der Waals surface area contributed by atoms with Crippen LogP contribution in [0.4, 0.5) is 21.5 Å². The van der Waals surface area contributed by atoms with Gasteiger partial charge in [0, 0.05) is 13.1 Å². The SMILES string of the molecule is Nc1c(Nc2cc(CNC(=O)c3cc(C(=O)NCc4ccc(C(=O)O)cc4)nc4cncn34)ccc2F)c(=O)c1=O. The molecule has 206 valence electrons. The van der Waals surface area contributed by atoms with Gasteiger partial charge in [-0.15, -0.1) is 0 Å². The predicted octanol–water partition coefficient (Wildman–Crippen LogP) is 1.35. The van der Waals surface area contributed by atoms with Gasteiger partial charge in [-0.3, -0.25) is 23.6 Å². The molecule has 3 aromatic carbocycles. The van der Waals surface area contributed by atoms with Crippen LogP contribution in [0.3, 0.4) is 0 Å². The number of carboxylic acids is 1. The van der Waals surface area contributed by atoms with Crippen LogP contribution in [0.15, 0.2) is 70.6 Å². The number of nitrogens with two attached hydrogens (primary N) is 1. The highest BCUT2D eigenvalue weighted by molar-refractivity contribution is 5.98. The van der Waals surface area contributed by atoms with Crippen molar-refractivity contribution in [2.24, 2.45) is 0 Å². The number of aromatic carboxylic acids is 1. The zero-order valence-electron chi connectivity index (χ0n) is 21.0. The van der Waals surface area contributed by atoms with Gasteiger partial charge >= 0.3 is 5.97 Å². The molecule has 0 aliphatic rings. The van der Waals surface area contributed by atoms with E-state index in [4.69, 9.17) is 10.8 Å². The van der Waals surface area contributed by atoms with Crippen LogP contribution in [-0.4, -0.2) is 37.3 Å². The van der Waals surface area contributed by atoms with Crippen molar-refractivity contribution < 1.29 is 23.9 Å². The highest BCUT2D eigenvalue weighted by Crippen LogP contribution is 2.22. The van der Waals surface area contributed by atoms with Gasteiger partial charge in [0.05, 0.1) is 17.4 Å². The fourth-order valence-electron chi connectivity index (χ4n) is 3.96. The third kappa shape index (κ3) is 5.34. The van der Waals surface area contributed by atoms with Crippen LogP contribution >= 0.6 is 0 Å².